The summed E-state index contributed by atoms with van der Waals surface area (Å²) in [6, 6.07) is 6.88. The number of nitrogens with zero attached hydrogens (tertiary/aromatic N) is 2. The van der Waals surface area contributed by atoms with Crippen molar-refractivity contribution in [2.75, 3.05) is 5.32 Å². The number of carboxylic acids is 1. The number of halogens is 1. The highest BCUT2D eigenvalue weighted by molar-refractivity contribution is 7.15. The highest BCUT2D eigenvalue weighted by Crippen LogP contribution is 2.42. The van der Waals surface area contributed by atoms with E-state index in [1.807, 2.05) is 0 Å². The number of amides is 1. The number of aliphatic carboxylic acids is 1. The summed E-state index contributed by atoms with van der Waals surface area (Å²) in [5.41, 5.74) is 0.771. The Balaban J connectivity index is 1.65. The van der Waals surface area contributed by atoms with E-state index in [1.54, 1.807) is 24.3 Å². The van der Waals surface area contributed by atoms with Gasteiger partial charge in [-0.2, -0.15) is 0 Å². The maximum Gasteiger partial charge on any atom is 0.303 e. The van der Waals surface area contributed by atoms with E-state index in [0.29, 0.717) is 16.1 Å². The van der Waals surface area contributed by atoms with Gasteiger partial charge in [-0.05, 0) is 30.5 Å². The largest absolute Gasteiger partial charge is 0.481 e. The van der Waals surface area contributed by atoms with Gasteiger partial charge in [-0.3, -0.25) is 9.59 Å². The molecule has 3 rings (SSSR count). The second-order valence-electron chi connectivity index (χ2n) is 5.82. The van der Waals surface area contributed by atoms with Gasteiger partial charge in [-0.1, -0.05) is 35.1 Å². The lowest BCUT2D eigenvalue weighted by Gasteiger charge is -2.14. The Hall–Kier alpha value is -1.99. The van der Waals surface area contributed by atoms with E-state index in [2.05, 4.69) is 15.5 Å². The Kier molecular flexibility index (Phi) is 5.11. The van der Waals surface area contributed by atoms with E-state index < -0.39 is 11.9 Å². The van der Waals surface area contributed by atoms with Crippen molar-refractivity contribution in [2.24, 2.45) is 0 Å². The predicted molar refractivity (Wildman–Crippen MR) is 91.6 cm³/mol. The van der Waals surface area contributed by atoms with Gasteiger partial charge in [-0.25, -0.2) is 0 Å². The molecule has 1 fully saturated rings. The number of benzene rings is 1. The van der Waals surface area contributed by atoms with Crippen molar-refractivity contribution < 1.29 is 14.7 Å². The van der Waals surface area contributed by atoms with Crippen LogP contribution in [-0.2, 0) is 9.59 Å². The number of hydrogen-bond acceptors (Lipinski definition) is 5. The zero-order chi connectivity index (χ0) is 17.1. The Labute approximate surface area is 147 Å². The van der Waals surface area contributed by atoms with Crippen LogP contribution in [0.5, 0.6) is 0 Å². The summed E-state index contributed by atoms with van der Waals surface area (Å²) in [7, 11) is 0. The molecule has 1 saturated carbocycles. The molecule has 0 saturated heterocycles. The Morgan fingerprint density at radius 3 is 2.58 bits per heavy atom. The number of anilines is 1. The number of nitrogens with one attached hydrogen (secondary N) is 1. The number of rotatable bonds is 7. The van der Waals surface area contributed by atoms with E-state index in [9.17, 15) is 9.59 Å². The van der Waals surface area contributed by atoms with Crippen molar-refractivity contribution in [3.8, 4) is 0 Å². The fourth-order valence-electron chi connectivity index (χ4n) is 2.43. The standard InChI is InChI=1S/C16H16ClN3O3S/c17-12-5-3-9(4-6-12)11(8-14(22)23)7-13(21)18-16-20-19-15(24-16)10-1-2-10/h3-6,10-11H,1-2,7-8H2,(H,22,23)(H,18,20,21). The second kappa shape index (κ2) is 7.27. The van der Waals surface area contributed by atoms with E-state index in [-0.39, 0.29) is 18.7 Å². The number of carboxylic acid groups (broad SMARTS) is 1. The van der Waals surface area contributed by atoms with Crippen LogP contribution < -0.4 is 5.32 Å². The average Bonchev–Trinajstić information content (AvgIpc) is 3.27. The molecule has 0 aliphatic heterocycles. The molecule has 0 radical (unpaired) electrons. The van der Waals surface area contributed by atoms with Crippen molar-refractivity contribution in [1.82, 2.24) is 10.2 Å². The van der Waals surface area contributed by atoms with Crippen LogP contribution in [-0.4, -0.2) is 27.2 Å². The lowest BCUT2D eigenvalue weighted by molar-refractivity contribution is -0.137. The van der Waals surface area contributed by atoms with E-state index >= 15 is 0 Å². The van der Waals surface area contributed by atoms with Crippen LogP contribution in [0.2, 0.25) is 5.02 Å². The zero-order valence-corrected chi connectivity index (χ0v) is 14.3. The van der Waals surface area contributed by atoms with E-state index in [0.717, 1.165) is 23.4 Å². The number of hydrogen-bond donors (Lipinski definition) is 2. The Morgan fingerprint density at radius 2 is 1.96 bits per heavy atom. The molecule has 1 aromatic heterocycles. The Morgan fingerprint density at radius 1 is 1.25 bits per heavy atom. The maximum atomic E-state index is 12.2. The summed E-state index contributed by atoms with van der Waals surface area (Å²) in [5, 5.41) is 21.8. The zero-order valence-electron chi connectivity index (χ0n) is 12.7. The summed E-state index contributed by atoms with van der Waals surface area (Å²) in [6.07, 6.45) is 2.18. The molecule has 0 spiro atoms. The third-order valence-electron chi connectivity index (χ3n) is 3.81. The molecular weight excluding hydrogens is 350 g/mol. The van der Waals surface area contributed by atoms with Crippen molar-refractivity contribution in [1.29, 1.82) is 0 Å². The second-order valence-corrected chi connectivity index (χ2v) is 7.26. The fraction of sp³-hybridized carbons (Fsp3) is 0.375. The molecule has 2 N–H and O–H groups in total. The SMILES string of the molecule is O=C(O)CC(CC(=O)Nc1nnc(C2CC2)s1)c1ccc(Cl)cc1. The van der Waals surface area contributed by atoms with Gasteiger partial charge in [0.05, 0.1) is 6.42 Å². The lowest BCUT2D eigenvalue weighted by atomic mass is 9.92. The highest BCUT2D eigenvalue weighted by atomic mass is 35.5. The van der Waals surface area contributed by atoms with Gasteiger partial charge in [0.2, 0.25) is 11.0 Å². The number of carbonyl (C=O) groups excluding carboxylic acids is 1. The minimum Gasteiger partial charge on any atom is -0.481 e. The smallest absolute Gasteiger partial charge is 0.303 e. The van der Waals surface area contributed by atoms with Gasteiger partial charge < -0.3 is 10.4 Å². The molecule has 24 heavy (non-hydrogen) atoms. The van der Waals surface area contributed by atoms with Crippen molar-refractivity contribution in [2.45, 2.75) is 37.5 Å². The summed E-state index contributed by atoms with van der Waals surface area (Å²) in [5.74, 6) is -1.15. The van der Waals surface area contributed by atoms with Gasteiger partial charge in [0.15, 0.2) is 0 Å². The van der Waals surface area contributed by atoms with E-state index in [1.165, 1.54) is 11.3 Å². The molecule has 2 aromatic rings. The molecule has 1 unspecified atom stereocenters. The van der Waals surface area contributed by atoms with Crippen LogP contribution in [0.25, 0.3) is 0 Å². The molecule has 1 aliphatic rings. The summed E-state index contributed by atoms with van der Waals surface area (Å²) in [4.78, 5) is 23.3. The maximum absolute atomic E-state index is 12.2. The molecule has 1 amide bonds. The first-order chi connectivity index (χ1) is 11.5. The minimum absolute atomic E-state index is 0.0618. The van der Waals surface area contributed by atoms with Gasteiger partial charge in [0.1, 0.15) is 5.01 Å². The van der Waals surface area contributed by atoms with Gasteiger partial charge in [0, 0.05) is 23.3 Å². The summed E-state index contributed by atoms with van der Waals surface area (Å²) >= 11 is 7.24. The van der Waals surface area contributed by atoms with Crippen LogP contribution in [0, 0.1) is 0 Å². The van der Waals surface area contributed by atoms with E-state index in [4.69, 9.17) is 16.7 Å². The molecule has 6 nitrogen and oxygen atoms in total. The first kappa shape index (κ1) is 16.9. The predicted octanol–water partition coefficient (Wildman–Crippen LogP) is 3.66. The molecule has 1 aliphatic carbocycles. The van der Waals surface area contributed by atoms with Crippen LogP contribution in [0.3, 0.4) is 0 Å². The van der Waals surface area contributed by atoms with Gasteiger partial charge in [0.25, 0.3) is 0 Å². The quantitative estimate of drug-likeness (QED) is 0.781. The van der Waals surface area contributed by atoms with Crippen LogP contribution in [0.1, 0.15) is 48.1 Å². The highest BCUT2D eigenvalue weighted by Gasteiger charge is 2.28. The fourth-order valence-corrected chi connectivity index (χ4v) is 3.48. The molecule has 0 bridgehead atoms. The van der Waals surface area contributed by atoms with Crippen LogP contribution >= 0.6 is 22.9 Å². The normalized spacial score (nSPS) is 15.0. The molecule has 1 atom stereocenters. The van der Waals surface area contributed by atoms with Crippen molar-refractivity contribution in [3.63, 3.8) is 0 Å². The van der Waals surface area contributed by atoms with Gasteiger partial charge >= 0.3 is 5.97 Å². The molecule has 126 valence electrons. The average molecular weight is 366 g/mol. The third kappa shape index (κ3) is 4.52. The molecular formula is C16H16ClN3O3S. The third-order valence-corrected chi connectivity index (χ3v) is 5.06. The van der Waals surface area contributed by atoms with Gasteiger partial charge in [-0.15, -0.1) is 10.2 Å². The lowest BCUT2D eigenvalue weighted by Crippen LogP contribution is -2.17. The van der Waals surface area contributed by atoms with Crippen LogP contribution in [0.4, 0.5) is 5.13 Å². The summed E-state index contributed by atoms with van der Waals surface area (Å²) in [6.45, 7) is 0. The van der Waals surface area contributed by atoms with Crippen LogP contribution in [0.15, 0.2) is 24.3 Å². The number of aromatic nitrogens is 2. The first-order valence-corrected chi connectivity index (χ1v) is 8.81. The first-order valence-electron chi connectivity index (χ1n) is 7.62. The number of carbonyl (C=O) groups is 2. The molecule has 8 heteroatoms. The molecule has 1 aromatic carbocycles. The van der Waals surface area contributed by atoms with Crippen molar-refractivity contribution >= 4 is 39.9 Å². The monoisotopic (exact) mass is 365 g/mol. The molecule has 1 heterocycles. The topological polar surface area (TPSA) is 92.2 Å². The van der Waals surface area contributed by atoms with Crippen molar-refractivity contribution in [3.05, 3.63) is 39.9 Å². The summed E-state index contributed by atoms with van der Waals surface area (Å²) < 4.78 is 0. The minimum atomic E-state index is -0.949. The Bertz CT molecular complexity index is 743.